The van der Waals surface area contributed by atoms with E-state index in [1.54, 1.807) is 5.56 Å². The van der Waals surface area contributed by atoms with Crippen molar-refractivity contribution >= 4 is 17.1 Å². The summed E-state index contributed by atoms with van der Waals surface area (Å²) in [6.45, 7) is 4.78. The topological polar surface area (TPSA) is 3.24 Å². The molecule has 9 aromatic rings. The molecule has 0 aromatic heterocycles. The number of nitrogens with zero attached hydrogens (tertiary/aromatic N) is 1. The molecule has 5 aliphatic rings. The molecule has 2 bridgehead atoms. The summed E-state index contributed by atoms with van der Waals surface area (Å²) < 4.78 is 0. The minimum atomic E-state index is -0.495. The Kier molecular flexibility index (Phi) is 8.02. The van der Waals surface area contributed by atoms with Crippen molar-refractivity contribution in [3.63, 3.8) is 0 Å². The maximum Gasteiger partial charge on any atom is 0.0714 e. The van der Waals surface area contributed by atoms with E-state index in [9.17, 15) is 0 Å². The van der Waals surface area contributed by atoms with E-state index in [4.69, 9.17) is 0 Å². The van der Waals surface area contributed by atoms with Crippen molar-refractivity contribution in [3.8, 4) is 44.5 Å². The molecule has 14 rings (SSSR count). The average Bonchev–Trinajstić information content (AvgIpc) is 4.18. The van der Waals surface area contributed by atoms with E-state index < -0.39 is 5.41 Å². The number of hydrogen-bond acceptors (Lipinski definition) is 1. The van der Waals surface area contributed by atoms with E-state index in [-0.39, 0.29) is 10.8 Å². The Bertz CT molecular complexity index is 3370. The van der Waals surface area contributed by atoms with Gasteiger partial charge in [0.25, 0.3) is 0 Å². The lowest BCUT2D eigenvalue weighted by Crippen LogP contribution is -2.32. The lowest BCUT2D eigenvalue weighted by atomic mass is 9.67. The van der Waals surface area contributed by atoms with Crippen LogP contribution in [0.3, 0.4) is 0 Å². The third-order valence-corrected chi connectivity index (χ3v) is 17.0. The van der Waals surface area contributed by atoms with Gasteiger partial charge >= 0.3 is 0 Å². The number of fused-ring (bicyclic) bond motifs is 14. The normalized spacial score (nSPS) is 20.3. The van der Waals surface area contributed by atoms with E-state index >= 15 is 0 Å². The number of rotatable bonds is 6. The SMILES string of the molecule is CC1(C)c2ccccc2-c2cccc(-c3ccc(N(c4ccc5c(c4)C(c4ccccc4)(c4ccccc4)c4ccccc4-5)c4ccc5c(c4)C4(CC6CCC4C6)c4ccccc4-5)cc3)c21. The fourth-order valence-electron chi connectivity index (χ4n) is 14.4. The van der Waals surface area contributed by atoms with Gasteiger partial charge in [0.1, 0.15) is 0 Å². The molecule has 0 N–H and O–H groups in total. The first kappa shape index (κ1) is 38.1. The Morgan fingerprint density at radius 2 is 0.894 bits per heavy atom. The average molecular weight is 846 g/mol. The van der Waals surface area contributed by atoms with Gasteiger partial charge in [-0.3, -0.25) is 0 Å². The summed E-state index contributed by atoms with van der Waals surface area (Å²) in [6.07, 6.45) is 5.30. The van der Waals surface area contributed by atoms with Crippen molar-refractivity contribution < 1.29 is 0 Å². The fraction of sp³-hybridized carbons (Fsp3) is 0.169. The number of hydrogen-bond donors (Lipinski definition) is 0. The van der Waals surface area contributed by atoms with Gasteiger partial charge in [-0.15, -0.1) is 0 Å². The molecule has 9 aromatic carbocycles. The van der Waals surface area contributed by atoms with Crippen molar-refractivity contribution in [3.05, 3.63) is 257 Å². The highest BCUT2D eigenvalue weighted by atomic mass is 15.1. The molecule has 3 unspecified atom stereocenters. The Labute approximate surface area is 389 Å². The highest BCUT2D eigenvalue weighted by molar-refractivity contribution is 5.92. The molecule has 1 heteroatoms. The molecule has 0 aliphatic heterocycles. The molecular weight excluding hydrogens is 795 g/mol. The van der Waals surface area contributed by atoms with Gasteiger partial charge in [0.15, 0.2) is 0 Å². The molecule has 66 heavy (non-hydrogen) atoms. The molecule has 5 aliphatic carbocycles. The second-order valence-corrected chi connectivity index (χ2v) is 20.4. The van der Waals surface area contributed by atoms with Crippen LogP contribution in [0.25, 0.3) is 44.5 Å². The monoisotopic (exact) mass is 845 g/mol. The molecule has 1 nitrogen and oxygen atoms in total. The van der Waals surface area contributed by atoms with Crippen LogP contribution in [0, 0.1) is 11.8 Å². The van der Waals surface area contributed by atoms with Gasteiger partial charge in [-0.05, 0) is 157 Å². The first-order valence-electron chi connectivity index (χ1n) is 24.2. The summed E-state index contributed by atoms with van der Waals surface area (Å²) in [6, 6.07) is 81.0. The lowest BCUT2D eigenvalue weighted by molar-refractivity contribution is 0.327. The molecule has 2 saturated carbocycles. The minimum absolute atomic E-state index is 0.0772. The maximum absolute atomic E-state index is 2.61. The zero-order valence-electron chi connectivity index (χ0n) is 37.6. The fourth-order valence-corrected chi connectivity index (χ4v) is 14.4. The van der Waals surface area contributed by atoms with Gasteiger partial charge in [0.2, 0.25) is 0 Å². The van der Waals surface area contributed by atoms with Gasteiger partial charge in [-0.25, -0.2) is 0 Å². The Morgan fingerprint density at radius 3 is 1.53 bits per heavy atom. The van der Waals surface area contributed by atoms with Crippen LogP contribution in [-0.2, 0) is 16.2 Å². The summed E-state index contributed by atoms with van der Waals surface area (Å²) in [7, 11) is 0. The van der Waals surface area contributed by atoms with Crippen LogP contribution in [0.1, 0.15) is 84.0 Å². The standard InChI is InChI=1S/C65H51N/c1-63(2)57-25-12-9-22-53(57)56-24-15-23-50(62(56)63)43-29-32-47(33-30-43)66(48-34-36-54-51-20-10-13-26-58(51)64(60(54)39-48)41-42-28-31-46(64)38-42)49-35-37-55-52-21-11-14-27-59(52)65(61(55)40-49,44-16-5-3-6-17-44)45-18-7-4-8-19-45/h3-27,29-30,32-37,39-40,42,46H,28,31,38,41H2,1-2H3. The predicted molar refractivity (Wildman–Crippen MR) is 273 cm³/mol. The molecule has 3 atom stereocenters. The molecule has 0 heterocycles. The molecule has 316 valence electrons. The first-order chi connectivity index (χ1) is 32.5. The van der Waals surface area contributed by atoms with Crippen molar-refractivity contribution in [1.29, 1.82) is 0 Å². The van der Waals surface area contributed by atoms with Crippen molar-refractivity contribution in [2.24, 2.45) is 11.8 Å². The first-order valence-corrected chi connectivity index (χ1v) is 24.2. The summed E-state index contributed by atoms with van der Waals surface area (Å²) in [5.74, 6) is 1.49. The molecular formula is C65H51N. The smallest absolute Gasteiger partial charge is 0.0714 e. The highest BCUT2D eigenvalue weighted by Gasteiger charge is 2.57. The Balaban J connectivity index is 0.983. The second kappa shape index (κ2) is 13.9. The second-order valence-electron chi connectivity index (χ2n) is 20.4. The molecule has 0 radical (unpaired) electrons. The van der Waals surface area contributed by atoms with Crippen LogP contribution in [-0.4, -0.2) is 0 Å². The number of benzene rings is 9. The summed E-state index contributed by atoms with van der Waals surface area (Å²) in [5.41, 5.74) is 24.9. The zero-order valence-corrected chi connectivity index (χ0v) is 37.6. The van der Waals surface area contributed by atoms with Gasteiger partial charge in [-0.1, -0.05) is 196 Å². The molecule has 0 amide bonds. The third-order valence-electron chi connectivity index (χ3n) is 17.0. The van der Waals surface area contributed by atoms with Gasteiger partial charge in [-0.2, -0.15) is 0 Å². The summed E-state index contributed by atoms with van der Waals surface area (Å²) >= 11 is 0. The van der Waals surface area contributed by atoms with Gasteiger partial charge in [0, 0.05) is 27.9 Å². The van der Waals surface area contributed by atoms with Crippen molar-refractivity contribution in [2.75, 3.05) is 4.90 Å². The summed E-state index contributed by atoms with van der Waals surface area (Å²) in [4.78, 5) is 2.56. The third kappa shape index (κ3) is 5.01. The summed E-state index contributed by atoms with van der Waals surface area (Å²) in [5, 5.41) is 0. The minimum Gasteiger partial charge on any atom is -0.310 e. The zero-order chi connectivity index (χ0) is 43.8. The Hall–Kier alpha value is -7.22. The number of anilines is 3. The van der Waals surface area contributed by atoms with Crippen molar-refractivity contribution in [2.45, 2.75) is 55.8 Å². The molecule has 2 fully saturated rings. The predicted octanol–water partition coefficient (Wildman–Crippen LogP) is 16.6. The van der Waals surface area contributed by atoms with Crippen LogP contribution in [0.5, 0.6) is 0 Å². The molecule has 1 spiro atoms. The van der Waals surface area contributed by atoms with E-state index in [0.29, 0.717) is 5.92 Å². The highest BCUT2D eigenvalue weighted by Crippen LogP contribution is 2.66. The van der Waals surface area contributed by atoms with Crippen LogP contribution in [0.4, 0.5) is 17.1 Å². The van der Waals surface area contributed by atoms with Crippen molar-refractivity contribution in [1.82, 2.24) is 0 Å². The Morgan fingerprint density at radius 1 is 0.394 bits per heavy atom. The van der Waals surface area contributed by atoms with Crippen LogP contribution in [0.15, 0.2) is 212 Å². The van der Waals surface area contributed by atoms with E-state index in [0.717, 1.165) is 11.6 Å². The van der Waals surface area contributed by atoms with Crippen LogP contribution >= 0.6 is 0 Å². The molecule has 0 saturated heterocycles. The quantitative estimate of drug-likeness (QED) is 0.161. The van der Waals surface area contributed by atoms with Gasteiger partial charge in [0.05, 0.1) is 5.41 Å². The van der Waals surface area contributed by atoms with E-state index in [1.807, 2.05) is 0 Å². The van der Waals surface area contributed by atoms with E-state index in [2.05, 4.69) is 231 Å². The van der Waals surface area contributed by atoms with Gasteiger partial charge < -0.3 is 4.90 Å². The van der Waals surface area contributed by atoms with Crippen LogP contribution < -0.4 is 4.90 Å². The van der Waals surface area contributed by atoms with Crippen LogP contribution in [0.2, 0.25) is 0 Å². The lowest BCUT2D eigenvalue weighted by Gasteiger charge is -2.37. The van der Waals surface area contributed by atoms with E-state index in [1.165, 1.54) is 121 Å². The largest absolute Gasteiger partial charge is 0.310 e. The maximum atomic E-state index is 2.61.